The van der Waals surface area contributed by atoms with Gasteiger partial charge in [-0.3, -0.25) is 9.48 Å². The SMILES string of the molecule is Cn1cc(C(NC(=O)c2cc3c(s2)CCCCC3)C2CC(O)C2)cn1. The molecule has 0 bridgehead atoms. The molecule has 0 spiro atoms. The van der Waals surface area contributed by atoms with E-state index in [-0.39, 0.29) is 24.0 Å². The van der Waals surface area contributed by atoms with Crippen LogP contribution in [-0.4, -0.2) is 26.9 Å². The smallest absolute Gasteiger partial charge is 0.261 e. The van der Waals surface area contributed by atoms with E-state index in [0.29, 0.717) is 0 Å². The van der Waals surface area contributed by atoms with Gasteiger partial charge in [-0.15, -0.1) is 11.3 Å². The number of aliphatic hydroxyl groups is 1. The third kappa shape index (κ3) is 3.51. The van der Waals surface area contributed by atoms with Crippen molar-refractivity contribution in [3.63, 3.8) is 0 Å². The summed E-state index contributed by atoms with van der Waals surface area (Å²) in [5.41, 5.74) is 2.38. The Morgan fingerprint density at radius 2 is 2.16 bits per heavy atom. The zero-order valence-electron chi connectivity index (χ0n) is 14.6. The van der Waals surface area contributed by atoms with Crippen molar-refractivity contribution in [3.8, 4) is 0 Å². The van der Waals surface area contributed by atoms with E-state index in [1.165, 1.54) is 29.7 Å². The molecule has 2 N–H and O–H groups in total. The van der Waals surface area contributed by atoms with Crippen LogP contribution in [0.2, 0.25) is 0 Å². The molecule has 2 aliphatic carbocycles. The number of aryl methyl sites for hydroxylation is 3. The number of nitrogens with one attached hydrogen (secondary N) is 1. The summed E-state index contributed by atoms with van der Waals surface area (Å²) in [7, 11) is 1.88. The maximum absolute atomic E-state index is 12.9. The molecule has 2 aliphatic rings. The first kappa shape index (κ1) is 16.8. The van der Waals surface area contributed by atoms with Crippen molar-refractivity contribution in [1.29, 1.82) is 0 Å². The first-order valence-corrected chi connectivity index (χ1v) is 10.0. The fourth-order valence-electron chi connectivity index (χ4n) is 3.97. The maximum Gasteiger partial charge on any atom is 0.261 e. The molecule has 134 valence electrons. The molecule has 2 heterocycles. The number of fused-ring (bicyclic) bond motifs is 1. The first-order valence-electron chi connectivity index (χ1n) is 9.19. The highest BCUT2D eigenvalue weighted by Crippen LogP contribution is 2.38. The lowest BCUT2D eigenvalue weighted by atomic mass is 9.75. The molecule has 1 atom stereocenters. The molecule has 0 aliphatic heterocycles. The minimum atomic E-state index is -0.237. The van der Waals surface area contributed by atoms with Gasteiger partial charge in [0.05, 0.1) is 23.2 Å². The highest BCUT2D eigenvalue weighted by Gasteiger charge is 2.36. The fraction of sp³-hybridized carbons (Fsp3) is 0.579. The third-order valence-corrected chi connectivity index (χ3v) is 6.70. The van der Waals surface area contributed by atoms with Gasteiger partial charge in [0.25, 0.3) is 5.91 Å². The lowest BCUT2D eigenvalue weighted by Crippen LogP contribution is -2.41. The number of thiophene rings is 1. The van der Waals surface area contributed by atoms with Gasteiger partial charge in [0.2, 0.25) is 0 Å². The van der Waals surface area contributed by atoms with Gasteiger partial charge in [0.15, 0.2) is 0 Å². The summed E-state index contributed by atoms with van der Waals surface area (Å²) in [6, 6.07) is 2.02. The highest BCUT2D eigenvalue weighted by atomic mass is 32.1. The molecule has 2 aromatic heterocycles. The van der Waals surface area contributed by atoms with E-state index >= 15 is 0 Å². The topological polar surface area (TPSA) is 67.2 Å². The average molecular weight is 359 g/mol. The molecule has 0 aromatic carbocycles. The van der Waals surface area contributed by atoms with Crippen LogP contribution in [-0.2, 0) is 19.9 Å². The summed E-state index contributed by atoms with van der Waals surface area (Å²) < 4.78 is 1.76. The van der Waals surface area contributed by atoms with Gasteiger partial charge >= 0.3 is 0 Å². The van der Waals surface area contributed by atoms with Crippen LogP contribution in [0.25, 0.3) is 0 Å². The monoisotopic (exact) mass is 359 g/mol. The van der Waals surface area contributed by atoms with Crippen molar-refractivity contribution in [1.82, 2.24) is 15.1 Å². The van der Waals surface area contributed by atoms with Crippen molar-refractivity contribution in [2.45, 2.75) is 57.1 Å². The minimum absolute atomic E-state index is 0.00770. The fourth-order valence-corrected chi connectivity index (χ4v) is 5.12. The van der Waals surface area contributed by atoms with Crippen LogP contribution in [0.1, 0.15) is 63.8 Å². The minimum Gasteiger partial charge on any atom is -0.393 e. The number of carbonyl (C=O) groups excluding carboxylic acids is 1. The number of rotatable bonds is 4. The van der Waals surface area contributed by atoms with Crippen molar-refractivity contribution >= 4 is 17.2 Å². The Labute approximate surface area is 152 Å². The molecule has 1 amide bonds. The maximum atomic E-state index is 12.9. The summed E-state index contributed by atoms with van der Waals surface area (Å²) in [6.07, 6.45) is 11.0. The van der Waals surface area contributed by atoms with Gasteiger partial charge in [-0.1, -0.05) is 6.42 Å². The zero-order chi connectivity index (χ0) is 17.4. The number of hydrogen-bond acceptors (Lipinski definition) is 4. The largest absolute Gasteiger partial charge is 0.393 e. The standard InChI is InChI=1S/C19H25N3O2S/c1-22-11-14(10-20-22)18(13-7-15(23)8-13)21-19(24)17-9-12-5-3-2-4-6-16(12)25-17/h9-11,13,15,18,23H,2-8H2,1H3,(H,21,24). The molecular formula is C19H25N3O2S. The van der Waals surface area contributed by atoms with E-state index in [1.54, 1.807) is 16.0 Å². The molecule has 1 unspecified atom stereocenters. The molecule has 0 saturated heterocycles. The second-order valence-electron chi connectivity index (χ2n) is 7.40. The van der Waals surface area contributed by atoms with Crippen molar-refractivity contribution in [2.24, 2.45) is 13.0 Å². The van der Waals surface area contributed by atoms with Crippen LogP contribution in [0.15, 0.2) is 18.5 Å². The molecule has 5 nitrogen and oxygen atoms in total. The van der Waals surface area contributed by atoms with E-state index in [0.717, 1.165) is 36.1 Å². The predicted octanol–water partition coefficient (Wildman–Crippen LogP) is 2.99. The number of hydrogen-bond donors (Lipinski definition) is 2. The summed E-state index contributed by atoms with van der Waals surface area (Å²) in [5.74, 6) is 0.286. The van der Waals surface area contributed by atoms with Gasteiger partial charge in [-0.25, -0.2) is 0 Å². The van der Waals surface area contributed by atoms with Gasteiger partial charge in [0, 0.05) is 23.7 Å². The third-order valence-electron chi connectivity index (χ3n) is 5.46. The number of nitrogens with zero attached hydrogens (tertiary/aromatic N) is 2. The van der Waals surface area contributed by atoms with Gasteiger partial charge in [-0.2, -0.15) is 5.10 Å². The molecule has 1 saturated carbocycles. The summed E-state index contributed by atoms with van der Waals surface area (Å²) in [6.45, 7) is 0. The lowest BCUT2D eigenvalue weighted by Gasteiger charge is -2.37. The van der Waals surface area contributed by atoms with E-state index in [2.05, 4.69) is 16.5 Å². The summed E-state index contributed by atoms with van der Waals surface area (Å²) >= 11 is 1.65. The van der Waals surface area contributed by atoms with Gasteiger partial charge in [0.1, 0.15) is 0 Å². The molecular weight excluding hydrogens is 334 g/mol. The summed E-state index contributed by atoms with van der Waals surface area (Å²) in [4.78, 5) is 15.1. The Hall–Kier alpha value is -1.66. The quantitative estimate of drug-likeness (QED) is 0.825. The van der Waals surface area contributed by atoms with E-state index in [1.807, 2.05) is 19.4 Å². The second kappa shape index (κ2) is 6.92. The number of aromatic nitrogens is 2. The van der Waals surface area contributed by atoms with Crippen molar-refractivity contribution in [2.75, 3.05) is 0 Å². The van der Waals surface area contributed by atoms with Crippen molar-refractivity contribution in [3.05, 3.63) is 39.3 Å². The average Bonchev–Trinajstić information content (AvgIpc) is 3.11. The molecule has 1 fully saturated rings. The number of amides is 1. The second-order valence-corrected chi connectivity index (χ2v) is 8.54. The van der Waals surface area contributed by atoms with E-state index < -0.39 is 0 Å². The van der Waals surface area contributed by atoms with Crippen molar-refractivity contribution < 1.29 is 9.90 Å². The van der Waals surface area contributed by atoms with E-state index in [9.17, 15) is 9.90 Å². The van der Waals surface area contributed by atoms with Crippen LogP contribution in [0.5, 0.6) is 0 Å². The van der Waals surface area contributed by atoms with Crippen LogP contribution >= 0.6 is 11.3 Å². The van der Waals surface area contributed by atoms with Crippen LogP contribution in [0.3, 0.4) is 0 Å². The Balaban J connectivity index is 1.52. The lowest BCUT2D eigenvalue weighted by molar-refractivity contribution is 0.0235. The predicted molar refractivity (Wildman–Crippen MR) is 97.7 cm³/mol. The van der Waals surface area contributed by atoms with Gasteiger partial charge in [-0.05, 0) is 56.1 Å². The highest BCUT2D eigenvalue weighted by molar-refractivity contribution is 7.14. The molecule has 6 heteroatoms. The van der Waals surface area contributed by atoms with Crippen LogP contribution in [0, 0.1) is 5.92 Å². The molecule has 4 rings (SSSR count). The first-order chi connectivity index (χ1) is 12.1. The van der Waals surface area contributed by atoms with Crippen LogP contribution in [0.4, 0.5) is 0 Å². The normalized spacial score (nSPS) is 24.1. The van der Waals surface area contributed by atoms with E-state index in [4.69, 9.17) is 0 Å². The molecule has 2 aromatic rings. The Bertz CT molecular complexity index is 737. The van der Waals surface area contributed by atoms with Gasteiger partial charge < -0.3 is 10.4 Å². The Morgan fingerprint density at radius 3 is 2.88 bits per heavy atom. The molecule has 0 radical (unpaired) electrons. The number of carbonyl (C=O) groups is 1. The summed E-state index contributed by atoms with van der Waals surface area (Å²) in [5, 5.41) is 17.1. The Morgan fingerprint density at radius 1 is 1.36 bits per heavy atom. The van der Waals surface area contributed by atoms with Crippen LogP contribution < -0.4 is 5.32 Å². The molecule has 25 heavy (non-hydrogen) atoms. The number of aliphatic hydroxyl groups excluding tert-OH is 1. The zero-order valence-corrected chi connectivity index (χ0v) is 15.4. The Kier molecular flexibility index (Phi) is 4.65.